The average Bonchev–Trinajstić information content (AvgIpc) is 2.86. The number of nitrogens with zero attached hydrogens (tertiary/aromatic N) is 2. The maximum Gasteiger partial charge on any atom is 0.238 e. The second-order valence-corrected chi connectivity index (χ2v) is 6.92. The van der Waals surface area contributed by atoms with Crippen molar-refractivity contribution >= 4 is 29.4 Å². The number of hydrogen-bond donors (Lipinski definition) is 1. The molecule has 0 bridgehead atoms. The number of amides is 2. The highest BCUT2D eigenvalue weighted by atomic mass is 32.2. The lowest BCUT2D eigenvalue weighted by Crippen LogP contribution is -2.36. The van der Waals surface area contributed by atoms with Crippen molar-refractivity contribution < 1.29 is 14.1 Å². The van der Waals surface area contributed by atoms with Crippen LogP contribution in [0.3, 0.4) is 0 Å². The van der Waals surface area contributed by atoms with Crippen LogP contribution in [0.2, 0.25) is 0 Å². The Bertz CT molecular complexity index is 502. The Balaban J connectivity index is 2.42. The van der Waals surface area contributed by atoms with Gasteiger partial charge in [0.2, 0.25) is 11.8 Å². The summed E-state index contributed by atoms with van der Waals surface area (Å²) < 4.78 is 4.89. The highest BCUT2D eigenvalue weighted by molar-refractivity contribution is 8.01. The first-order chi connectivity index (χ1) is 10.3. The van der Waals surface area contributed by atoms with Crippen LogP contribution < -0.4 is 5.32 Å². The van der Waals surface area contributed by atoms with Crippen molar-refractivity contribution in [3.63, 3.8) is 0 Å². The Morgan fingerprint density at radius 2 is 2.09 bits per heavy atom. The average molecular weight is 327 g/mol. The van der Waals surface area contributed by atoms with Gasteiger partial charge in [-0.2, -0.15) is 0 Å². The molecule has 0 radical (unpaired) electrons. The van der Waals surface area contributed by atoms with Gasteiger partial charge in [0, 0.05) is 19.2 Å². The van der Waals surface area contributed by atoms with E-state index in [4.69, 9.17) is 4.52 Å². The first-order valence-electron chi connectivity index (χ1n) is 7.47. The van der Waals surface area contributed by atoms with E-state index in [0.29, 0.717) is 29.8 Å². The third-order valence-corrected chi connectivity index (χ3v) is 4.15. The lowest BCUT2D eigenvalue weighted by Gasteiger charge is -2.23. The highest BCUT2D eigenvalue weighted by Crippen LogP contribution is 2.15. The lowest BCUT2D eigenvalue weighted by molar-refractivity contribution is -0.128. The second-order valence-electron chi connectivity index (χ2n) is 5.59. The van der Waals surface area contributed by atoms with Gasteiger partial charge in [-0.05, 0) is 26.7 Å². The molecule has 22 heavy (non-hydrogen) atoms. The Hall–Kier alpha value is -1.50. The van der Waals surface area contributed by atoms with Crippen LogP contribution in [0.4, 0.5) is 5.82 Å². The minimum Gasteiger partial charge on any atom is -0.360 e. The van der Waals surface area contributed by atoms with Crippen molar-refractivity contribution in [1.82, 2.24) is 10.1 Å². The number of aromatic nitrogens is 1. The molecule has 1 rings (SSSR count). The Morgan fingerprint density at radius 3 is 2.59 bits per heavy atom. The van der Waals surface area contributed by atoms with Crippen LogP contribution in [-0.2, 0) is 9.59 Å². The zero-order valence-electron chi connectivity index (χ0n) is 13.9. The van der Waals surface area contributed by atoms with Crippen LogP contribution in [0.15, 0.2) is 10.6 Å². The minimum atomic E-state index is -0.335. The van der Waals surface area contributed by atoms with Crippen LogP contribution in [0.5, 0.6) is 0 Å². The van der Waals surface area contributed by atoms with Gasteiger partial charge >= 0.3 is 0 Å². The lowest BCUT2D eigenvalue weighted by atomic mass is 10.2. The summed E-state index contributed by atoms with van der Waals surface area (Å²) in [6, 6.07) is 1.65. The van der Waals surface area contributed by atoms with Gasteiger partial charge in [0.1, 0.15) is 5.76 Å². The van der Waals surface area contributed by atoms with Gasteiger partial charge in [-0.15, -0.1) is 11.8 Å². The van der Waals surface area contributed by atoms with Crippen LogP contribution in [0.1, 0.15) is 33.5 Å². The third-order valence-electron chi connectivity index (χ3n) is 3.03. The molecule has 0 saturated heterocycles. The number of carbonyl (C=O) groups excluding carboxylic acids is 2. The van der Waals surface area contributed by atoms with E-state index in [1.54, 1.807) is 19.9 Å². The maximum absolute atomic E-state index is 12.1. The van der Waals surface area contributed by atoms with Gasteiger partial charge in [0.25, 0.3) is 0 Å². The van der Waals surface area contributed by atoms with E-state index in [2.05, 4.69) is 24.3 Å². The van der Waals surface area contributed by atoms with Crippen LogP contribution in [0.25, 0.3) is 0 Å². The van der Waals surface area contributed by atoms with Crippen LogP contribution in [0, 0.1) is 12.8 Å². The molecule has 1 N–H and O–H groups in total. The van der Waals surface area contributed by atoms with Gasteiger partial charge in [0.05, 0.1) is 11.0 Å². The molecule has 6 nitrogen and oxygen atoms in total. The molecule has 2 amide bonds. The summed E-state index contributed by atoms with van der Waals surface area (Å²) in [7, 11) is 0. The number of hydrogen-bond acceptors (Lipinski definition) is 5. The van der Waals surface area contributed by atoms with E-state index < -0.39 is 0 Å². The predicted molar refractivity (Wildman–Crippen MR) is 88.9 cm³/mol. The second kappa shape index (κ2) is 8.82. The third kappa shape index (κ3) is 6.09. The van der Waals surface area contributed by atoms with Gasteiger partial charge < -0.3 is 14.7 Å². The molecular weight excluding hydrogens is 302 g/mol. The molecule has 0 fully saturated rings. The fourth-order valence-corrected chi connectivity index (χ4v) is 2.65. The number of anilines is 1. The zero-order chi connectivity index (χ0) is 16.7. The smallest absolute Gasteiger partial charge is 0.238 e. The van der Waals surface area contributed by atoms with Crippen molar-refractivity contribution in [1.29, 1.82) is 0 Å². The van der Waals surface area contributed by atoms with Gasteiger partial charge in [-0.25, -0.2) is 0 Å². The molecule has 7 heteroatoms. The maximum atomic E-state index is 12.1. The number of thioether (sulfide) groups is 1. The molecule has 124 valence electrons. The van der Waals surface area contributed by atoms with Gasteiger partial charge in [-0.3, -0.25) is 9.59 Å². The molecule has 1 atom stereocenters. The fraction of sp³-hybridized carbons (Fsp3) is 0.667. The largest absolute Gasteiger partial charge is 0.360 e. The van der Waals surface area contributed by atoms with Crippen molar-refractivity contribution in [2.75, 3.05) is 24.2 Å². The normalized spacial score (nSPS) is 12.3. The Morgan fingerprint density at radius 1 is 1.41 bits per heavy atom. The van der Waals surface area contributed by atoms with Gasteiger partial charge in [-0.1, -0.05) is 19.0 Å². The van der Waals surface area contributed by atoms with E-state index in [1.807, 2.05) is 11.8 Å². The van der Waals surface area contributed by atoms with E-state index in [1.165, 1.54) is 11.8 Å². The van der Waals surface area contributed by atoms with Crippen molar-refractivity contribution in [3.05, 3.63) is 11.8 Å². The van der Waals surface area contributed by atoms with Crippen molar-refractivity contribution in [2.24, 2.45) is 5.92 Å². The molecule has 1 heterocycles. The molecule has 1 aromatic heterocycles. The van der Waals surface area contributed by atoms with E-state index in [9.17, 15) is 9.59 Å². The minimum absolute atomic E-state index is 0.0677. The number of rotatable bonds is 8. The summed E-state index contributed by atoms with van der Waals surface area (Å²) in [5.41, 5.74) is 0. The monoisotopic (exact) mass is 327 g/mol. The quantitative estimate of drug-likeness (QED) is 0.794. The van der Waals surface area contributed by atoms with E-state index in [0.717, 1.165) is 6.54 Å². The Kier molecular flexibility index (Phi) is 7.44. The van der Waals surface area contributed by atoms with E-state index >= 15 is 0 Å². The molecule has 0 aliphatic heterocycles. The molecule has 0 spiro atoms. The van der Waals surface area contributed by atoms with Crippen LogP contribution >= 0.6 is 11.8 Å². The standard InChI is InChI=1S/C15H25N3O3S/c1-6-18(8-10(2)3)14(19)9-22-12(5)15(20)16-13-7-11(4)21-17-13/h7,10,12H,6,8-9H2,1-5H3,(H,16,17,20). The van der Waals surface area contributed by atoms with E-state index in [-0.39, 0.29) is 17.1 Å². The van der Waals surface area contributed by atoms with Gasteiger partial charge in [0.15, 0.2) is 5.82 Å². The van der Waals surface area contributed by atoms with Crippen molar-refractivity contribution in [2.45, 2.75) is 39.9 Å². The summed E-state index contributed by atoms with van der Waals surface area (Å²) in [6.45, 7) is 11.1. The number of nitrogens with one attached hydrogen (secondary N) is 1. The molecule has 1 unspecified atom stereocenters. The highest BCUT2D eigenvalue weighted by Gasteiger charge is 2.19. The first-order valence-corrected chi connectivity index (χ1v) is 8.51. The molecule has 0 aliphatic carbocycles. The number of carbonyl (C=O) groups is 2. The molecule has 0 saturated carbocycles. The summed E-state index contributed by atoms with van der Waals surface area (Å²) in [6.07, 6.45) is 0. The summed E-state index contributed by atoms with van der Waals surface area (Å²) in [4.78, 5) is 26.0. The summed E-state index contributed by atoms with van der Waals surface area (Å²) >= 11 is 1.33. The first kappa shape index (κ1) is 18.5. The van der Waals surface area contributed by atoms with Crippen LogP contribution in [-0.4, -0.2) is 46.0 Å². The summed E-state index contributed by atoms with van der Waals surface area (Å²) in [5, 5.41) is 6.05. The predicted octanol–water partition coefficient (Wildman–Crippen LogP) is 2.55. The molecular formula is C15H25N3O3S. The molecule has 0 aliphatic rings. The molecule has 1 aromatic rings. The molecule has 0 aromatic carbocycles. The summed E-state index contributed by atoms with van der Waals surface area (Å²) in [5.74, 6) is 1.66. The number of aryl methyl sites for hydroxylation is 1. The SMILES string of the molecule is CCN(CC(C)C)C(=O)CSC(C)C(=O)Nc1cc(C)on1. The topological polar surface area (TPSA) is 75.4 Å². The Labute approximate surface area is 136 Å². The zero-order valence-corrected chi connectivity index (χ0v) is 14.7. The van der Waals surface area contributed by atoms with Crippen molar-refractivity contribution in [3.8, 4) is 0 Å². The fourth-order valence-electron chi connectivity index (χ4n) is 1.86.